The second kappa shape index (κ2) is 12.4. The zero-order valence-corrected chi connectivity index (χ0v) is 24.4. The van der Waals surface area contributed by atoms with Crippen LogP contribution in [0.4, 0.5) is 20.4 Å². The van der Waals surface area contributed by atoms with E-state index in [2.05, 4.69) is 27.3 Å². The van der Waals surface area contributed by atoms with E-state index in [0.29, 0.717) is 29.1 Å². The van der Waals surface area contributed by atoms with Gasteiger partial charge in [0.2, 0.25) is 5.95 Å². The van der Waals surface area contributed by atoms with E-state index in [1.54, 1.807) is 30.7 Å². The van der Waals surface area contributed by atoms with Crippen LogP contribution in [0.25, 0.3) is 16.8 Å². The standard InChI is InChI=1S/C29H34F2N6O4S/c1-17-10-19(13-24(32)28(17)41-8-9-42(3,38)39)21-6-7-33-15-26(21)35-29-34-14-20-4-5-25(36-37(20)29)27-22(30)11-18(16-40-2)12-23(27)31/h4-7,11-12,14-15,17,19,24,28H,8-10,13,16,32H2,1-3H3,(H,34,35). The Morgan fingerprint density at radius 3 is 2.60 bits per heavy atom. The second-order valence-corrected chi connectivity index (χ2v) is 13.1. The summed E-state index contributed by atoms with van der Waals surface area (Å²) in [4.78, 5) is 8.74. The van der Waals surface area contributed by atoms with Crippen LogP contribution in [0, 0.1) is 17.6 Å². The Bertz CT molecular complexity index is 1650. The quantitative estimate of drug-likeness (QED) is 0.274. The first-order chi connectivity index (χ1) is 20.0. The molecule has 4 atom stereocenters. The highest BCUT2D eigenvalue weighted by Crippen LogP contribution is 2.40. The summed E-state index contributed by atoms with van der Waals surface area (Å²) in [5.41, 5.74) is 9.11. The van der Waals surface area contributed by atoms with Crippen molar-refractivity contribution in [3.8, 4) is 11.3 Å². The van der Waals surface area contributed by atoms with Crippen LogP contribution in [0.1, 0.15) is 36.8 Å². The fourth-order valence-electron chi connectivity index (χ4n) is 5.65. The van der Waals surface area contributed by atoms with Gasteiger partial charge in [-0.2, -0.15) is 9.61 Å². The van der Waals surface area contributed by atoms with E-state index in [0.717, 1.165) is 12.0 Å². The minimum absolute atomic E-state index is 0.0444. The van der Waals surface area contributed by atoms with Gasteiger partial charge in [0.15, 0.2) is 0 Å². The molecular weight excluding hydrogens is 566 g/mol. The minimum Gasteiger partial charge on any atom is -0.380 e. The molecule has 1 fully saturated rings. The van der Waals surface area contributed by atoms with Gasteiger partial charge >= 0.3 is 0 Å². The molecule has 42 heavy (non-hydrogen) atoms. The Kier molecular flexibility index (Phi) is 8.83. The van der Waals surface area contributed by atoms with Crippen LogP contribution in [0.15, 0.2) is 48.9 Å². The Labute approximate surface area is 243 Å². The van der Waals surface area contributed by atoms with Crippen LogP contribution in [-0.2, 0) is 25.9 Å². The average molecular weight is 601 g/mol. The van der Waals surface area contributed by atoms with E-state index in [4.69, 9.17) is 15.2 Å². The lowest BCUT2D eigenvalue weighted by Gasteiger charge is -2.39. The second-order valence-electron chi connectivity index (χ2n) is 10.9. The number of benzene rings is 1. The van der Waals surface area contributed by atoms with Gasteiger partial charge in [-0.25, -0.2) is 22.2 Å². The number of aromatic nitrogens is 4. The van der Waals surface area contributed by atoms with E-state index in [1.807, 2.05) is 6.07 Å². The lowest BCUT2D eigenvalue weighted by molar-refractivity contribution is -0.0152. The maximum absolute atomic E-state index is 14.9. The van der Waals surface area contributed by atoms with Crippen molar-refractivity contribution in [3.05, 3.63) is 71.7 Å². The molecule has 4 unspecified atom stereocenters. The molecule has 224 valence electrons. The van der Waals surface area contributed by atoms with Crippen LogP contribution >= 0.6 is 0 Å². The maximum Gasteiger partial charge on any atom is 0.229 e. The molecule has 1 saturated carbocycles. The molecule has 1 aliphatic rings. The zero-order valence-electron chi connectivity index (χ0n) is 23.6. The number of imidazole rings is 1. The number of nitrogens with two attached hydrogens (primary N) is 1. The summed E-state index contributed by atoms with van der Waals surface area (Å²) >= 11 is 0. The Morgan fingerprint density at radius 1 is 1.14 bits per heavy atom. The van der Waals surface area contributed by atoms with Crippen LogP contribution in [0.3, 0.4) is 0 Å². The fourth-order valence-corrected chi connectivity index (χ4v) is 6.05. The molecule has 0 amide bonds. The van der Waals surface area contributed by atoms with Gasteiger partial charge in [0.05, 0.1) is 59.9 Å². The third kappa shape index (κ3) is 6.59. The molecule has 1 aliphatic carbocycles. The first-order valence-corrected chi connectivity index (χ1v) is 15.7. The number of ether oxygens (including phenoxy) is 2. The largest absolute Gasteiger partial charge is 0.380 e. The molecule has 0 bridgehead atoms. The van der Waals surface area contributed by atoms with Crippen LogP contribution in [-0.4, -0.2) is 65.9 Å². The van der Waals surface area contributed by atoms with Gasteiger partial charge in [-0.05, 0) is 66.1 Å². The predicted octanol–water partition coefficient (Wildman–Crippen LogP) is 4.23. The summed E-state index contributed by atoms with van der Waals surface area (Å²) in [5, 5.41) is 7.80. The van der Waals surface area contributed by atoms with E-state index >= 15 is 0 Å². The highest BCUT2D eigenvalue weighted by Gasteiger charge is 2.36. The van der Waals surface area contributed by atoms with Gasteiger partial charge in [0, 0.05) is 25.6 Å². The monoisotopic (exact) mass is 600 g/mol. The van der Waals surface area contributed by atoms with E-state index in [9.17, 15) is 17.2 Å². The number of methoxy groups -OCH3 is 1. The number of fused-ring (bicyclic) bond motifs is 1. The number of pyridine rings is 1. The SMILES string of the molecule is COCc1cc(F)c(-c2ccc3cnc(Nc4cnccc4C4CC(C)C(OCCS(C)(=O)=O)C(N)C4)n3n2)c(F)c1. The topological polar surface area (TPSA) is 134 Å². The molecule has 0 spiro atoms. The van der Waals surface area contributed by atoms with Gasteiger partial charge in [-0.15, -0.1) is 0 Å². The number of anilines is 2. The number of sulfone groups is 1. The molecule has 0 aliphatic heterocycles. The van der Waals surface area contributed by atoms with Crippen LogP contribution in [0.5, 0.6) is 0 Å². The molecule has 13 heteroatoms. The molecule has 3 heterocycles. The molecule has 3 aromatic heterocycles. The summed E-state index contributed by atoms with van der Waals surface area (Å²) < 4.78 is 65.3. The summed E-state index contributed by atoms with van der Waals surface area (Å²) in [6.07, 6.45) is 7.37. The normalized spacial score (nSPS) is 21.1. The molecule has 5 rings (SSSR count). The summed E-state index contributed by atoms with van der Waals surface area (Å²) in [6.45, 7) is 2.26. The number of nitrogens with one attached hydrogen (secondary N) is 1. The number of hydrogen-bond acceptors (Lipinski definition) is 9. The lowest BCUT2D eigenvalue weighted by Crippen LogP contribution is -2.47. The molecule has 3 N–H and O–H groups in total. The van der Waals surface area contributed by atoms with Crippen molar-refractivity contribution < 1.29 is 26.7 Å². The van der Waals surface area contributed by atoms with Crippen molar-refractivity contribution in [2.45, 2.75) is 44.4 Å². The predicted molar refractivity (Wildman–Crippen MR) is 155 cm³/mol. The fraction of sp³-hybridized carbons (Fsp3) is 0.414. The first-order valence-electron chi connectivity index (χ1n) is 13.6. The summed E-state index contributed by atoms with van der Waals surface area (Å²) in [5.74, 6) is -0.987. The summed E-state index contributed by atoms with van der Waals surface area (Å²) in [7, 11) is -1.66. The number of halogens is 2. The molecule has 0 saturated heterocycles. The molecule has 1 aromatic carbocycles. The third-order valence-electron chi connectivity index (χ3n) is 7.55. The van der Waals surface area contributed by atoms with Crippen molar-refractivity contribution in [1.29, 1.82) is 0 Å². The number of nitrogens with zero attached hydrogens (tertiary/aromatic N) is 4. The third-order valence-corrected chi connectivity index (χ3v) is 8.46. The van der Waals surface area contributed by atoms with Crippen LogP contribution in [0.2, 0.25) is 0 Å². The van der Waals surface area contributed by atoms with Gasteiger partial charge in [0.25, 0.3) is 0 Å². The van der Waals surface area contributed by atoms with Crippen molar-refractivity contribution in [3.63, 3.8) is 0 Å². The molecular formula is C29H34F2N6O4S. The first kappa shape index (κ1) is 30.0. The maximum atomic E-state index is 14.9. The van der Waals surface area contributed by atoms with Crippen LogP contribution < -0.4 is 11.1 Å². The zero-order chi connectivity index (χ0) is 30.0. The van der Waals surface area contributed by atoms with Gasteiger partial charge in [-0.3, -0.25) is 4.98 Å². The smallest absolute Gasteiger partial charge is 0.229 e. The Morgan fingerprint density at radius 2 is 1.90 bits per heavy atom. The van der Waals surface area contributed by atoms with Gasteiger partial charge in [0.1, 0.15) is 21.5 Å². The van der Waals surface area contributed by atoms with E-state index in [1.165, 1.54) is 30.0 Å². The van der Waals surface area contributed by atoms with Crippen molar-refractivity contribution in [2.75, 3.05) is 31.0 Å². The highest BCUT2D eigenvalue weighted by atomic mass is 32.2. The summed E-state index contributed by atoms with van der Waals surface area (Å²) in [6, 6.07) is 7.36. The average Bonchev–Trinajstić information content (AvgIpc) is 3.31. The minimum atomic E-state index is -3.12. The van der Waals surface area contributed by atoms with Crippen molar-refractivity contribution in [2.24, 2.45) is 11.7 Å². The van der Waals surface area contributed by atoms with Gasteiger partial charge in [-0.1, -0.05) is 6.92 Å². The highest BCUT2D eigenvalue weighted by molar-refractivity contribution is 7.90. The van der Waals surface area contributed by atoms with Crippen molar-refractivity contribution >= 4 is 27.0 Å². The lowest BCUT2D eigenvalue weighted by atomic mass is 9.74. The Hall–Kier alpha value is -3.52. The Balaban J connectivity index is 1.38. The van der Waals surface area contributed by atoms with E-state index < -0.39 is 21.5 Å². The number of hydrogen-bond donors (Lipinski definition) is 2. The number of rotatable bonds is 10. The molecule has 10 nitrogen and oxygen atoms in total. The molecule has 0 radical (unpaired) electrons. The van der Waals surface area contributed by atoms with Gasteiger partial charge < -0.3 is 20.5 Å². The van der Waals surface area contributed by atoms with Crippen molar-refractivity contribution in [1.82, 2.24) is 19.6 Å². The molecule has 4 aromatic rings. The van der Waals surface area contributed by atoms with E-state index in [-0.39, 0.29) is 54.2 Å².